The Kier molecular flexibility index (Phi) is 8.32. The molecular formula is C30H28F4N6O3S. The number of alkyl halides is 3. The zero-order valence-electron chi connectivity index (χ0n) is 23.6. The predicted octanol–water partition coefficient (Wildman–Crippen LogP) is 6.06. The van der Waals surface area contributed by atoms with E-state index in [1.807, 2.05) is 0 Å². The summed E-state index contributed by atoms with van der Waals surface area (Å²) in [6, 6.07) is 15.0. The van der Waals surface area contributed by atoms with Gasteiger partial charge in [-0.05, 0) is 67.8 Å². The third-order valence-corrected chi connectivity index (χ3v) is 8.59. The van der Waals surface area contributed by atoms with Gasteiger partial charge < -0.3 is 16.0 Å². The minimum atomic E-state index is -4.67. The van der Waals surface area contributed by atoms with Crippen molar-refractivity contribution >= 4 is 39.1 Å². The molecule has 4 bridgehead atoms. The zero-order chi connectivity index (χ0) is 31.7. The number of hydrogen-bond donors (Lipinski definition) is 4. The maximum absolute atomic E-state index is 15.4. The number of hydrogen-bond acceptors (Lipinski definition) is 7. The Balaban J connectivity index is 1.41. The molecule has 4 aromatic rings. The smallest absolute Gasteiger partial charge is 0.369 e. The molecule has 1 aliphatic heterocycles. The monoisotopic (exact) mass is 628 g/mol. The molecule has 0 aliphatic carbocycles. The van der Waals surface area contributed by atoms with Crippen molar-refractivity contribution in [1.29, 1.82) is 0 Å². The van der Waals surface area contributed by atoms with E-state index < -0.39 is 38.9 Å². The first kappa shape index (κ1) is 30.9. The van der Waals surface area contributed by atoms with Gasteiger partial charge in [0.05, 0.1) is 21.6 Å². The van der Waals surface area contributed by atoms with Gasteiger partial charge in [-0.15, -0.1) is 0 Å². The summed E-state index contributed by atoms with van der Waals surface area (Å²) in [6.45, 7) is 3.17. The van der Waals surface area contributed by atoms with Gasteiger partial charge in [-0.25, -0.2) is 22.5 Å². The molecule has 1 aliphatic rings. The van der Waals surface area contributed by atoms with E-state index >= 15 is 4.39 Å². The Bertz CT molecular complexity index is 1830. The van der Waals surface area contributed by atoms with Crippen LogP contribution in [0.5, 0.6) is 0 Å². The van der Waals surface area contributed by atoms with Crippen molar-refractivity contribution in [3.63, 3.8) is 0 Å². The number of carbonyl (C=O) groups is 1. The van der Waals surface area contributed by atoms with Crippen molar-refractivity contribution in [2.45, 2.75) is 36.8 Å². The lowest BCUT2D eigenvalue weighted by atomic mass is 9.80. The molecule has 0 atom stereocenters. The van der Waals surface area contributed by atoms with Crippen molar-refractivity contribution in [3.05, 3.63) is 89.9 Å². The van der Waals surface area contributed by atoms with Gasteiger partial charge in [0.2, 0.25) is 21.9 Å². The van der Waals surface area contributed by atoms with Crippen LogP contribution in [0.4, 0.5) is 40.7 Å². The minimum absolute atomic E-state index is 0.0853. The van der Waals surface area contributed by atoms with Gasteiger partial charge in [-0.1, -0.05) is 30.3 Å². The highest BCUT2D eigenvalue weighted by Crippen LogP contribution is 2.38. The normalized spacial score (nSPS) is 15.0. The number of nitrogens with zero attached hydrogens (tertiary/aromatic N) is 2. The first-order valence-electron chi connectivity index (χ1n) is 13.5. The van der Waals surface area contributed by atoms with Crippen molar-refractivity contribution in [2.24, 2.45) is 0 Å². The molecule has 0 saturated heterocycles. The number of sulfonamides is 1. The topological polar surface area (TPSA) is 125 Å². The van der Waals surface area contributed by atoms with Crippen molar-refractivity contribution < 1.29 is 30.8 Å². The molecule has 3 aromatic carbocycles. The Morgan fingerprint density at radius 2 is 1.70 bits per heavy atom. The lowest BCUT2D eigenvalue weighted by Gasteiger charge is -2.27. The second-order valence-electron chi connectivity index (χ2n) is 10.6. The fourth-order valence-corrected chi connectivity index (χ4v) is 5.82. The fraction of sp³-hybridized carbons (Fsp3) is 0.233. The first-order valence-corrected chi connectivity index (χ1v) is 15.0. The van der Waals surface area contributed by atoms with Crippen LogP contribution in [0.25, 0.3) is 11.1 Å². The molecule has 14 heteroatoms. The molecule has 0 fully saturated rings. The zero-order valence-corrected chi connectivity index (χ0v) is 24.4. The predicted molar refractivity (Wildman–Crippen MR) is 159 cm³/mol. The number of carbonyl (C=O) groups excluding carboxylic acids is 1. The second kappa shape index (κ2) is 11.8. The SMILES string of the molecule is CC(C)(C(=O)Nc1ccc(-c2cnc3nc2NCCCNS(=O)(=O)c2cccc(c2)N3)cc1F)c1ccccc1C(F)(F)F. The molecule has 5 rings (SSSR count). The highest BCUT2D eigenvalue weighted by molar-refractivity contribution is 7.89. The number of nitrogens with one attached hydrogen (secondary N) is 4. The van der Waals surface area contributed by atoms with Crippen molar-refractivity contribution in [2.75, 3.05) is 29.0 Å². The fourth-order valence-electron chi connectivity index (χ4n) is 4.70. The van der Waals surface area contributed by atoms with E-state index in [0.29, 0.717) is 35.6 Å². The summed E-state index contributed by atoms with van der Waals surface area (Å²) in [5, 5.41) is 8.53. The van der Waals surface area contributed by atoms with E-state index in [9.17, 15) is 26.4 Å². The average Bonchev–Trinajstić information content (AvgIpc) is 2.98. The summed E-state index contributed by atoms with van der Waals surface area (Å²) in [6.07, 6.45) is -2.79. The third-order valence-electron chi connectivity index (χ3n) is 7.13. The number of rotatable bonds is 4. The van der Waals surface area contributed by atoms with E-state index in [2.05, 4.69) is 30.6 Å². The highest BCUT2D eigenvalue weighted by Gasteiger charge is 2.40. The van der Waals surface area contributed by atoms with Gasteiger partial charge in [0.15, 0.2) is 0 Å². The number of amides is 1. The Morgan fingerprint density at radius 1 is 0.955 bits per heavy atom. The molecule has 9 nitrogen and oxygen atoms in total. The number of fused-ring (bicyclic) bond motifs is 4. The number of aromatic nitrogens is 2. The van der Waals surface area contributed by atoms with E-state index in [1.54, 1.807) is 12.1 Å². The number of anilines is 4. The van der Waals surface area contributed by atoms with Crippen LogP contribution in [0.1, 0.15) is 31.4 Å². The quantitative estimate of drug-likeness (QED) is 0.203. The van der Waals surface area contributed by atoms with Gasteiger partial charge in [0.25, 0.3) is 0 Å². The van der Waals surface area contributed by atoms with Crippen LogP contribution in [0, 0.1) is 5.82 Å². The summed E-state index contributed by atoms with van der Waals surface area (Å²) in [5.74, 6) is -1.12. The summed E-state index contributed by atoms with van der Waals surface area (Å²) < 4.78 is 84.0. The third kappa shape index (κ3) is 6.50. The molecule has 4 N–H and O–H groups in total. The van der Waals surface area contributed by atoms with Crippen LogP contribution in [0.2, 0.25) is 0 Å². The molecule has 2 heterocycles. The largest absolute Gasteiger partial charge is 0.416 e. The molecular weight excluding hydrogens is 600 g/mol. The van der Waals surface area contributed by atoms with Gasteiger partial charge in [-0.3, -0.25) is 4.79 Å². The van der Waals surface area contributed by atoms with Crippen LogP contribution >= 0.6 is 0 Å². The van der Waals surface area contributed by atoms with Crippen molar-refractivity contribution in [1.82, 2.24) is 14.7 Å². The van der Waals surface area contributed by atoms with E-state index in [4.69, 9.17) is 0 Å². The molecule has 44 heavy (non-hydrogen) atoms. The van der Waals surface area contributed by atoms with Crippen LogP contribution in [-0.2, 0) is 26.4 Å². The maximum Gasteiger partial charge on any atom is 0.416 e. The Hall–Kier alpha value is -4.56. The standard InChI is InChI=1S/C30H28F4N6O3S/c1-29(2,22-9-3-4-10-23(22)30(32,33)34)27(41)39-25-12-11-18(15-24(25)31)21-17-36-28-38-19-7-5-8-20(16-19)44(42,43)37-14-6-13-35-26(21)40-28/h3-5,7-12,15-17,37H,6,13-14H2,1-2H3,(H,39,41)(H2,35,36,38,40). The molecule has 0 radical (unpaired) electrons. The van der Waals surface area contributed by atoms with Gasteiger partial charge >= 0.3 is 6.18 Å². The summed E-state index contributed by atoms with van der Waals surface area (Å²) in [4.78, 5) is 22.1. The Morgan fingerprint density at radius 3 is 2.43 bits per heavy atom. The van der Waals surface area contributed by atoms with Crippen LogP contribution in [0.15, 0.2) is 77.8 Å². The van der Waals surface area contributed by atoms with Gasteiger partial charge in [0.1, 0.15) is 11.6 Å². The van der Waals surface area contributed by atoms with Crippen LogP contribution in [-0.4, -0.2) is 37.4 Å². The van der Waals surface area contributed by atoms with Crippen LogP contribution in [0.3, 0.4) is 0 Å². The average molecular weight is 629 g/mol. The first-order chi connectivity index (χ1) is 20.8. The van der Waals surface area contributed by atoms with E-state index in [0.717, 1.165) is 12.1 Å². The Labute approximate surface area is 251 Å². The summed E-state index contributed by atoms with van der Waals surface area (Å²) in [7, 11) is -3.72. The number of benzene rings is 3. The molecule has 1 aromatic heterocycles. The number of halogens is 4. The van der Waals surface area contributed by atoms with E-state index in [1.165, 1.54) is 62.5 Å². The summed E-state index contributed by atoms with van der Waals surface area (Å²) >= 11 is 0. The van der Waals surface area contributed by atoms with Crippen LogP contribution < -0.4 is 20.7 Å². The molecule has 0 spiro atoms. The van der Waals surface area contributed by atoms with Gasteiger partial charge in [0, 0.05) is 30.5 Å². The molecule has 0 saturated carbocycles. The lowest BCUT2D eigenvalue weighted by molar-refractivity contribution is -0.139. The highest BCUT2D eigenvalue weighted by atomic mass is 32.2. The van der Waals surface area contributed by atoms with Crippen molar-refractivity contribution in [3.8, 4) is 11.1 Å². The maximum atomic E-state index is 15.4. The minimum Gasteiger partial charge on any atom is -0.369 e. The second-order valence-corrected chi connectivity index (χ2v) is 12.4. The van der Waals surface area contributed by atoms with E-state index in [-0.39, 0.29) is 28.6 Å². The molecule has 0 unspecified atom stereocenters. The molecule has 230 valence electrons. The lowest BCUT2D eigenvalue weighted by Crippen LogP contribution is -2.36. The molecule has 1 amide bonds. The summed E-state index contributed by atoms with van der Waals surface area (Å²) in [5.41, 5.74) is -1.80. The van der Waals surface area contributed by atoms with Gasteiger partial charge in [-0.2, -0.15) is 18.2 Å².